The van der Waals surface area contributed by atoms with E-state index in [1.807, 2.05) is 0 Å². The van der Waals surface area contributed by atoms with E-state index < -0.39 is 18.0 Å². The summed E-state index contributed by atoms with van der Waals surface area (Å²) in [5.41, 5.74) is -1.27. The Balaban J connectivity index is 2.91. The normalized spacial score (nSPS) is 11.6. The third-order valence-corrected chi connectivity index (χ3v) is 1.95. The molecule has 5 nitrogen and oxygen atoms in total. The van der Waals surface area contributed by atoms with Gasteiger partial charge in [0.1, 0.15) is 11.2 Å². The molecule has 0 radical (unpaired) electrons. The summed E-state index contributed by atoms with van der Waals surface area (Å²) in [7, 11) is 0. The molecule has 0 saturated heterocycles. The van der Waals surface area contributed by atoms with E-state index in [2.05, 4.69) is 14.7 Å². The van der Waals surface area contributed by atoms with Crippen LogP contribution in [0.3, 0.4) is 0 Å². The van der Waals surface area contributed by atoms with Gasteiger partial charge in [0, 0.05) is 0 Å². The summed E-state index contributed by atoms with van der Waals surface area (Å²) in [5.74, 6) is -1.28. The first kappa shape index (κ1) is 12.3. The quantitative estimate of drug-likeness (QED) is 0.850. The van der Waals surface area contributed by atoms with E-state index in [1.165, 1.54) is 13.8 Å². The van der Waals surface area contributed by atoms with Crippen molar-refractivity contribution in [3.05, 3.63) is 18.2 Å². The summed E-state index contributed by atoms with van der Waals surface area (Å²) in [4.78, 5) is 18.2. The summed E-state index contributed by atoms with van der Waals surface area (Å²) in [6.07, 6.45) is 2.03. The monoisotopic (exact) mass is 232 g/mol. The van der Waals surface area contributed by atoms with E-state index in [9.17, 15) is 13.6 Å². The van der Waals surface area contributed by atoms with Gasteiger partial charge < -0.3 is 9.84 Å². The van der Waals surface area contributed by atoms with Crippen LogP contribution >= 0.6 is 0 Å². The molecular formula is C9H10F2N2O3. The molecule has 0 atom stereocenters. The fourth-order valence-electron chi connectivity index (χ4n) is 0.898. The maximum atomic E-state index is 11.8. The van der Waals surface area contributed by atoms with Crippen molar-refractivity contribution in [2.75, 3.05) is 0 Å². The molecule has 1 aromatic rings. The topological polar surface area (TPSA) is 72.3 Å². The number of hydrogen-bond donors (Lipinski definition) is 1. The molecule has 0 saturated carbocycles. The smallest absolute Gasteiger partial charge is 0.387 e. The second kappa shape index (κ2) is 4.38. The van der Waals surface area contributed by atoms with Crippen molar-refractivity contribution < 1.29 is 23.4 Å². The molecule has 0 amide bonds. The van der Waals surface area contributed by atoms with E-state index in [-0.39, 0.29) is 11.6 Å². The molecule has 0 spiro atoms. The lowest BCUT2D eigenvalue weighted by Gasteiger charge is -2.16. The number of carboxylic acid groups (broad SMARTS) is 1. The molecule has 1 aromatic heterocycles. The molecule has 0 bridgehead atoms. The Morgan fingerprint density at radius 3 is 2.31 bits per heavy atom. The molecule has 88 valence electrons. The highest BCUT2D eigenvalue weighted by Gasteiger charge is 2.32. The van der Waals surface area contributed by atoms with Crippen molar-refractivity contribution in [3.8, 4) is 5.75 Å². The molecule has 0 aliphatic heterocycles. The Morgan fingerprint density at radius 1 is 1.44 bits per heavy atom. The second-order valence-corrected chi connectivity index (χ2v) is 3.55. The molecule has 16 heavy (non-hydrogen) atoms. The highest BCUT2D eigenvalue weighted by atomic mass is 19.3. The summed E-state index contributed by atoms with van der Waals surface area (Å²) in [6, 6.07) is 0. The van der Waals surface area contributed by atoms with E-state index in [0.29, 0.717) is 0 Å². The van der Waals surface area contributed by atoms with E-state index in [0.717, 1.165) is 12.4 Å². The van der Waals surface area contributed by atoms with Gasteiger partial charge in [0.15, 0.2) is 5.75 Å². The Kier molecular flexibility index (Phi) is 3.36. The highest BCUT2D eigenvalue weighted by Crippen LogP contribution is 2.20. The number of nitrogens with zero attached hydrogens (tertiary/aromatic N) is 2. The number of carboxylic acids is 1. The van der Waals surface area contributed by atoms with Crippen molar-refractivity contribution in [1.29, 1.82) is 0 Å². The van der Waals surface area contributed by atoms with Crippen LogP contribution in [0.25, 0.3) is 0 Å². The number of alkyl halides is 2. The number of hydrogen-bond acceptors (Lipinski definition) is 4. The SMILES string of the molecule is CC(C)(C(=O)O)c1ncc(OC(F)F)cn1. The van der Waals surface area contributed by atoms with Gasteiger partial charge in [-0.3, -0.25) is 4.79 Å². The van der Waals surface area contributed by atoms with Crippen LogP contribution < -0.4 is 4.74 Å². The minimum atomic E-state index is -2.96. The zero-order chi connectivity index (χ0) is 12.3. The Morgan fingerprint density at radius 2 is 1.94 bits per heavy atom. The lowest BCUT2D eigenvalue weighted by molar-refractivity contribution is -0.142. The Hall–Kier alpha value is -1.79. The number of halogens is 2. The van der Waals surface area contributed by atoms with Crippen LogP contribution in [0.4, 0.5) is 8.78 Å². The fourth-order valence-corrected chi connectivity index (χ4v) is 0.898. The van der Waals surface area contributed by atoms with Crippen LogP contribution in [-0.2, 0) is 10.2 Å². The molecule has 1 heterocycles. The Bertz CT molecular complexity index is 379. The van der Waals surface area contributed by atoms with Crippen molar-refractivity contribution in [2.45, 2.75) is 25.9 Å². The molecule has 0 unspecified atom stereocenters. The number of rotatable bonds is 4. The molecular weight excluding hydrogens is 222 g/mol. The van der Waals surface area contributed by atoms with Crippen molar-refractivity contribution in [1.82, 2.24) is 9.97 Å². The van der Waals surface area contributed by atoms with Gasteiger partial charge in [0.25, 0.3) is 0 Å². The lowest BCUT2D eigenvalue weighted by atomic mass is 9.93. The predicted molar refractivity (Wildman–Crippen MR) is 49.3 cm³/mol. The Labute approximate surface area is 90.1 Å². The number of aliphatic carboxylic acids is 1. The molecule has 0 aliphatic carbocycles. The first-order valence-electron chi connectivity index (χ1n) is 4.34. The zero-order valence-corrected chi connectivity index (χ0v) is 8.65. The third kappa shape index (κ3) is 2.62. The van der Waals surface area contributed by atoms with Crippen molar-refractivity contribution >= 4 is 5.97 Å². The minimum absolute atomic E-state index is 0.0293. The zero-order valence-electron chi connectivity index (χ0n) is 8.65. The maximum Gasteiger partial charge on any atom is 0.387 e. The summed E-state index contributed by atoms with van der Waals surface area (Å²) < 4.78 is 27.7. The van der Waals surface area contributed by atoms with Crippen LogP contribution in [0.15, 0.2) is 12.4 Å². The second-order valence-electron chi connectivity index (χ2n) is 3.55. The molecule has 0 aliphatic rings. The lowest BCUT2D eigenvalue weighted by Crippen LogP contribution is -2.30. The molecule has 0 aromatic carbocycles. The molecule has 1 N–H and O–H groups in total. The third-order valence-electron chi connectivity index (χ3n) is 1.95. The number of ether oxygens (including phenoxy) is 1. The van der Waals surface area contributed by atoms with Gasteiger partial charge in [-0.05, 0) is 13.8 Å². The predicted octanol–water partition coefficient (Wildman–Crippen LogP) is 1.44. The summed E-state index contributed by atoms with van der Waals surface area (Å²) in [6.45, 7) is -0.127. The van der Waals surface area contributed by atoms with Crippen LogP contribution in [0.2, 0.25) is 0 Å². The van der Waals surface area contributed by atoms with Gasteiger partial charge in [0.05, 0.1) is 12.4 Å². The van der Waals surface area contributed by atoms with E-state index >= 15 is 0 Å². The van der Waals surface area contributed by atoms with Gasteiger partial charge in [-0.15, -0.1) is 0 Å². The summed E-state index contributed by atoms with van der Waals surface area (Å²) >= 11 is 0. The van der Waals surface area contributed by atoms with Gasteiger partial charge in [-0.2, -0.15) is 8.78 Å². The van der Waals surface area contributed by atoms with Crippen molar-refractivity contribution in [3.63, 3.8) is 0 Å². The van der Waals surface area contributed by atoms with Gasteiger partial charge in [-0.25, -0.2) is 9.97 Å². The van der Waals surface area contributed by atoms with Gasteiger partial charge in [-0.1, -0.05) is 0 Å². The maximum absolute atomic E-state index is 11.8. The first-order chi connectivity index (χ1) is 7.34. The van der Waals surface area contributed by atoms with Gasteiger partial charge in [0.2, 0.25) is 0 Å². The number of carbonyl (C=O) groups is 1. The molecule has 7 heteroatoms. The molecule has 1 rings (SSSR count). The largest absolute Gasteiger partial charge is 0.481 e. The average Bonchev–Trinajstić information content (AvgIpc) is 2.17. The minimum Gasteiger partial charge on any atom is -0.481 e. The fraction of sp³-hybridized carbons (Fsp3) is 0.444. The van der Waals surface area contributed by atoms with Crippen LogP contribution in [0.5, 0.6) is 5.75 Å². The average molecular weight is 232 g/mol. The summed E-state index contributed by atoms with van der Waals surface area (Å²) in [5, 5.41) is 8.88. The first-order valence-corrected chi connectivity index (χ1v) is 4.34. The van der Waals surface area contributed by atoms with E-state index in [1.54, 1.807) is 0 Å². The highest BCUT2D eigenvalue weighted by molar-refractivity contribution is 5.78. The van der Waals surface area contributed by atoms with Crippen LogP contribution in [0.1, 0.15) is 19.7 Å². The van der Waals surface area contributed by atoms with Crippen molar-refractivity contribution in [2.24, 2.45) is 0 Å². The van der Waals surface area contributed by atoms with Gasteiger partial charge >= 0.3 is 12.6 Å². The number of aromatic nitrogens is 2. The van der Waals surface area contributed by atoms with Crippen LogP contribution in [0, 0.1) is 0 Å². The van der Waals surface area contributed by atoms with Crippen LogP contribution in [-0.4, -0.2) is 27.7 Å². The standard InChI is InChI=1S/C9H10F2N2O3/c1-9(2,7(14)15)6-12-3-5(4-13-6)16-8(10)11/h3-4,8H,1-2H3,(H,14,15). The van der Waals surface area contributed by atoms with E-state index in [4.69, 9.17) is 5.11 Å². The molecule has 0 fully saturated rings.